The molecule has 2 rings (SSSR count). The number of pyridine rings is 1. The highest BCUT2D eigenvalue weighted by Gasteiger charge is 2.20. The van der Waals surface area contributed by atoms with Gasteiger partial charge < -0.3 is 14.5 Å². The van der Waals surface area contributed by atoms with Gasteiger partial charge in [0.05, 0.1) is 6.10 Å². The Morgan fingerprint density at radius 2 is 2.10 bits per heavy atom. The SMILES string of the molecule is CN(C)CCCOC1CCN(c2cccc(F)n2)CC1. The van der Waals surface area contributed by atoms with E-state index in [1.54, 1.807) is 6.07 Å². The number of halogens is 1. The van der Waals surface area contributed by atoms with Gasteiger partial charge in [-0.05, 0) is 52.0 Å². The van der Waals surface area contributed by atoms with Crippen LogP contribution in [0.4, 0.5) is 10.2 Å². The van der Waals surface area contributed by atoms with Crippen LogP contribution in [0.15, 0.2) is 18.2 Å². The van der Waals surface area contributed by atoms with E-state index < -0.39 is 5.95 Å². The highest BCUT2D eigenvalue weighted by Crippen LogP contribution is 2.19. The van der Waals surface area contributed by atoms with E-state index in [1.807, 2.05) is 6.07 Å². The molecular formula is C15H24FN3O. The Hall–Kier alpha value is -1.20. The third kappa shape index (κ3) is 4.72. The van der Waals surface area contributed by atoms with E-state index in [1.165, 1.54) is 6.07 Å². The fraction of sp³-hybridized carbons (Fsp3) is 0.667. The van der Waals surface area contributed by atoms with Gasteiger partial charge in [0.2, 0.25) is 5.95 Å². The molecule has 112 valence electrons. The average Bonchev–Trinajstić information content (AvgIpc) is 2.44. The number of hydrogen-bond donors (Lipinski definition) is 0. The maximum absolute atomic E-state index is 13.1. The van der Waals surface area contributed by atoms with Crippen molar-refractivity contribution in [2.24, 2.45) is 0 Å². The van der Waals surface area contributed by atoms with Gasteiger partial charge >= 0.3 is 0 Å². The molecule has 20 heavy (non-hydrogen) atoms. The van der Waals surface area contributed by atoms with E-state index in [4.69, 9.17) is 4.74 Å². The Morgan fingerprint density at radius 3 is 2.75 bits per heavy atom. The number of anilines is 1. The topological polar surface area (TPSA) is 28.6 Å². The van der Waals surface area contributed by atoms with Gasteiger partial charge in [-0.2, -0.15) is 4.39 Å². The molecule has 1 saturated heterocycles. The van der Waals surface area contributed by atoms with Crippen molar-refractivity contribution in [3.8, 4) is 0 Å². The van der Waals surface area contributed by atoms with Crippen LogP contribution in [-0.4, -0.2) is 56.3 Å². The summed E-state index contributed by atoms with van der Waals surface area (Å²) < 4.78 is 19.0. The summed E-state index contributed by atoms with van der Waals surface area (Å²) in [4.78, 5) is 8.23. The second-order valence-electron chi connectivity index (χ2n) is 5.53. The lowest BCUT2D eigenvalue weighted by Crippen LogP contribution is -2.37. The van der Waals surface area contributed by atoms with Gasteiger partial charge in [0.25, 0.3) is 0 Å². The molecule has 0 N–H and O–H groups in total. The minimum atomic E-state index is -0.412. The van der Waals surface area contributed by atoms with Crippen LogP contribution in [0.1, 0.15) is 19.3 Å². The van der Waals surface area contributed by atoms with Crippen LogP contribution in [0.25, 0.3) is 0 Å². The van der Waals surface area contributed by atoms with Gasteiger partial charge in [0.15, 0.2) is 0 Å². The molecule has 0 spiro atoms. The zero-order valence-corrected chi connectivity index (χ0v) is 12.4. The highest BCUT2D eigenvalue weighted by atomic mass is 19.1. The smallest absolute Gasteiger partial charge is 0.214 e. The van der Waals surface area contributed by atoms with Crippen LogP contribution in [0.5, 0.6) is 0 Å². The zero-order valence-electron chi connectivity index (χ0n) is 12.4. The molecule has 0 unspecified atom stereocenters. The molecule has 4 nitrogen and oxygen atoms in total. The molecule has 2 heterocycles. The van der Waals surface area contributed by atoms with Crippen molar-refractivity contribution in [3.63, 3.8) is 0 Å². The fourth-order valence-electron chi connectivity index (χ4n) is 2.46. The van der Waals surface area contributed by atoms with Crippen molar-refractivity contribution in [1.82, 2.24) is 9.88 Å². The van der Waals surface area contributed by atoms with E-state index in [9.17, 15) is 4.39 Å². The Bertz CT molecular complexity index is 406. The van der Waals surface area contributed by atoms with Gasteiger partial charge in [-0.3, -0.25) is 0 Å². The van der Waals surface area contributed by atoms with E-state index >= 15 is 0 Å². The minimum absolute atomic E-state index is 0.335. The standard InChI is InChI=1S/C15H24FN3O/c1-18(2)9-4-12-20-13-7-10-19(11-8-13)15-6-3-5-14(16)17-15/h3,5-6,13H,4,7-12H2,1-2H3. The first-order chi connectivity index (χ1) is 9.65. The maximum atomic E-state index is 13.1. The zero-order chi connectivity index (χ0) is 14.4. The summed E-state index contributed by atoms with van der Waals surface area (Å²) in [6, 6.07) is 4.95. The first kappa shape index (κ1) is 15.2. The second-order valence-corrected chi connectivity index (χ2v) is 5.53. The van der Waals surface area contributed by atoms with Gasteiger partial charge in [-0.15, -0.1) is 0 Å². The molecule has 5 heteroatoms. The molecule has 0 saturated carbocycles. The predicted molar refractivity (Wildman–Crippen MR) is 78.6 cm³/mol. The third-order valence-corrected chi connectivity index (χ3v) is 3.57. The number of rotatable bonds is 6. The van der Waals surface area contributed by atoms with Crippen LogP contribution >= 0.6 is 0 Å². The average molecular weight is 281 g/mol. The first-order valence-corrected chi connectivity index (χ1v) is 7.29. The summed E-state index contributed by atoms with van der Waals surface area (Å²) in [5, 5.41) is 0. The van der Waals surface area contributed by atoms with Gasteiger partial charge in [-0.25, -0.2) is 4.98 Å². The largest absolute Gasteiger partial charge is 0.378 e. The normalized spacial score (nSPS) is 16.9. The fourth-order valence-corrected chi connectivity index (χ4v) is 2.46. The number of piperidine rings is 1. The van der Waals surface area contributed by atoms with Crippen molar-refractivity contribution < 1.29 is 9.13 Å². The quantitative estimate of drug-likeness (QED) is 0.590. The number of aromatic nitrogens is 1. The molecule has 1 fully saturated rings. The van der Waals surface area contributed by atoms with Crippen molar-refractivity contribution in [2.45, 2.75) is 25.4 Å². The van der Waals surface area contributed by atoms with Crippen LogP contribution < -0.4 is 4.90 Å². The van der Waals surface area contributed by atoms with Gasteiger partial charge in [-0.1, -0.05) is 6.07 Å². The summed E-state index contributed by atoms with van der Waals surface area (Å²) in [6.07, 6.45) is 3.38. The van der Waals surface area contributed by atoms with E-state index in [0.29, 0.717) is 6.10 Å². The number of ether oxygens (including phenoxy) is 1. The van der Waals surface area contributed by atoms with E-state index in [0.717, 1.165) is 51.3 Å². The monoisotopic (exact) mass is 281 g/mol. The van der Waals surface area contributed by atoms with Crippen LogP contribution in [-0.2, 0) is 4.74 Å². The molecule has 1 aliphatic heterocycles. The second kappa shape index (κ2) is 7.55. The van der Waals surface area contributed by atoms with Crippen molar-refractivity contribution in [2.75, 3.05) is 45.2 Å². The van der Waals surface area contributed by atoms with Gasteiger partial charge in [0.1, 0.15) is 5.82 Å². The predicted octanol–water partition coefficient (Wildman–Crippen LogP) is 2.16. The van der Waals surface area contributed by atoms with Crippen molar-refractivity contribution >= 4 is 5.82 Å². The van der Waals surface area contributed by atoms with Crippen molar-refractivity contribution in [3.05, 3.63) is 24.1 Å². The summed E-state index contributed by atoms with van der Waals surface area (Å²) in [5.41, 5.74) is 0. The third-order valence-electron chi connectivity index (χ3n) is 3.57. The van der Waals surface area contributed by atoms with Gasteiger partial charge in [0, 0.05) is 19.7 Å². The van der Waals surface area contributed by atoms with E-state index in [-0.39, 0.29) is 0 Å². The molecule has 0 radical (unpaired) electrons. The molecule has 1 aromatic rings. The number of hydrogen-bond acceptors (Lipinski definition) is 4. The summed E-state index contributed by atoms with van der Waals surface area (Å²) in [7, 11) is 4.15. The summed E-state index contributed by atoms with van der Waals surface area (Å²) >= 11 is 0. The number of nitrogens with zero attached hydrogens (tertiary/aromatic N) is 3. The molecule has 0 atom stereocenters. The van der Waals surface area contributed by atoms with E-state index in [2.05, 4.69) is 28.9 Å². The lowest BCUT2D eigenvalue weighted by molar-refractivity contribution is 0.0332. The molecule has 0 aromatic carbocycles. The maximum Gasteiger partial charge on any atom is 0.214 e. The Kier molecular flexibility index (Phi) is 5.73. The Morgan fingerprint density at radius 1 is 1.35 bits per heavy atom. The molecule has 0 bridgehead atoms. The molecular weight excluding hydrogens is 257 g/mol. The lowest BCUT2D eigenvalue weighted by Gasteiger charge is -2.32. The van der Waals surface area contributed by atoms with Crippen molar-refractivity contribution in [1.29, 1.82) is 0 Å². The molecule has 1 aromatic heterocycles. The lowest BCUT2D eigenvalue weighted by atomic mass is 10.1. The molecule has 0 aliphatic carbocycles. The summed E-state index contributed by atoms with van der Waals surface area (Å²) in [5.74, 6) is 0.320. The molecule has 0 amide bonds. The van der Waals surface area contributed by atoms with Crippen LogP contribution in [0, 0.1) is 5.95 Å². The highest BCUT2D eigenvalue weighted by molar-refractivity contribution is 5.38. The minimum Gasteiger partial charge on any atom is -0.378 e. The summed E-state index contributed by atoms with van der Waals surface area (Å²) in [6.45, 7) is 3.65. The van der Waals surface area contributed by atoms with Crippen LogP contribution in [0.3, 0.4) is 0 Å². The first-order valence-electron chi connectivity index (χ1n) is 7.29. The molecule has 1 aliphatic rings. The Balaban J connectivity index is 1.70. The van der Waals surface area contributed by atoms with Crippen LogP contribution in [0.2, 0.25) is 0 Å². The Labute approximate surface area is 120 Å².